The van der Waals surface area contributed by atoms with E-state index in [4.69, 9.17) is 17.0 Å². The van der Waals surface area contributed by atoms with E-state index in [9.17, 15) is 4.79 Å². The topological polar surface area (TPSA) is 84.3 Å². The maximum atomic E-state index is 12.0. The van der Waals surface area contributed by atoms with Gasteiger partial charge in [0.05, 0.1) is 24.5 Å². The van der Waals surface area contributed by atoms with E-state index < -0.39 is 0 Å². The smallest absolute Gasteiger partial charge is 0.224 e. The van der Waals surface area contributed by atoms with Gasteiger partial charge in [0.2, 0.25) is 5.91 Å². The van der Waals surface area contributed by atoms with Crippen molar-refractivity contribution < 1.29 is 9.53 Å². The van der Waals surface area contributed by atoms with Gasteiger partial charge in [0.15, 0.2) is 5.11 Å². The fourth-order valence-corrected chi connectivity index (χ4v) is 4.79. The highest BCUT2D eigenvalue weighted by Gasteiger charge is 2.42. The first kappa shape index (κ1) is 23.5. The lowest BCUT2D eigenvalue weighted by molar-refractivity contribution is -0.115. The summed E-state index contributed by atoms with van der Waals surface area (Å²) in [5.74, 6) is 1.28. The number of thiocarbonyl (C=S) groups is 1. The third-order valence-electron chi connectivity index (χ3n) is 6.14. The summed E-state index contributed by atoms with van der Waals surface area (Å²) in [4.78, 5) is 23.3. The van der Waals surface area contributed by atoms with E-state index in [1.54, 1.807) is 19.5 Å². The Morgan fingerprint density at radius 1 is 1.08 bits per heavy atom. The van der Waals surface area contributed by atoms with Crippen molar-refractivity contribution in [3.05, 3.63) is 96.7 Å². The van der Waals surface area contributed by atoms with Crippen LogP contribution in [0.25, 0.3) is 5.82 Å². The van der Waals surface area contributed by atoms with Gasteiger partial charge in [0, 0.05) is 42.5 Å². The average molecular weight is 499 g/mol. The van der Waals surface area contributed by atoms with Crippen molar-refractivity contribution in [2.75, 3.05) is 17.3 Å². The standard InChI is InChI=1S/C27H26N6O2S/c1-3-24(34)30-19-13-12-18(17-22(19)35-2)33-26(25(31-27(33)36)20-9-4-6-14-28-20)21-10-8-16-32(21)23-11-5-7-15-29-23/h4-17,25-26H,3H2,1-2H3,(H,30,34)(H,31,36)/t25-,26+/m0/s1. The van der Waals surface area contributed by atoms with E-state index in [1.807, 2.05) is 73.8 Å². The van der Waals surface area contributed by atoms with Crippen LogP contribution in [0.3, 0.4) is 0 Å². The van der Waals surface area contributed by atoms with Gasteiger partial charge in [-0.1, -0.05) is 19.1 Å². The number of hydrogen-bond acceptors (Lipinski definition) is 5. The van der Waals surface area contributed by atoms with Gasteiger partial charge in [-0.15, -0.1) is 0 Å². The highest BCUT2D eigenvalue weighted by molar-refractivity contribution is 7.80. The predicted molar refractivity (Wildman–Crippen MR) is 143 cm³/mol. The molecule has 2 N–H and O–H groups in total. The Balaban J connectivity index is 1.62. The van der Waals surface area contributed by atoms with Crippen LogP contribution < -0.4 is 20.3 Å². The van der Waals surface area contributed by atoms with E-state index >= 15 is 0 Å². The van der Waals surface area contributed by atoms with Crippen molar-refractivity contribution >= 4 is 34.6 Å². The summed E-state index contributed by atoms with van der Waals surface area (Å²) < 4.78 is 7.69. The second-order valence-corrected chi connectivity index (χ2v) is 8.66. The lowest BCUT2D eigenvalue weighted by atomic mass is 10.0. The normalized spacial score (nSPS) is 17.1. The molecule has 1 saturated heterocycles. The Labute approximate surface area is 215 Å². The van der Waals surface area contributed by atoms with E-state index in [1.165, 1.54) is 0 Å². The Morgan fingerprint density at radius 3 is 2.58 bits per heavy atom. The largest absolute Gasteiger partial charge is 0.494 e. The third-order valence-corrected chi connectivity index (χ3v) is 6.45. The van der Waals surface area contributed by atoms with Crippen LogP contribution in [0.2, 0.25) is 0 Å². The maximum absolute atomic E-state index is 12.0. The molecule has 36 heavy (non-hydrogen) atoms. The summed E-state index contributed by atoms with van der Waals surface area (Å²) in [6, 6.07) is 21.0. The molecule has 0 bridgehead atoms. The van der Waals surface area contributed by atoms with Gasteiger partial charge in [-0.05, 0) is 60.7 Å². The molecule has 0 spiro atoms. The second-order valence-electron chi connectivity index (χ2n) is 8.27. The molecule has 8 nitrogen and oxygen atoms in total. The second kappa shape index (κ2) is 10.2. The fourth-order valence-electron chi connectivity index (χ4n) is 4.45. The quantitative estimate of drug-likeness (QED) is 0.354. The number of rotatable bonds is 7. The molecule has 0 unspecified atom stereocenters. The Morgan fingerprint density at radius 2 is 1.89 bits per heavy atom. The van der Waals surface area contributed by atoms with Crippen molar-refractivity contribution in [3.8, 4) is 11.6 Å². The molecule has 1 aliphatic rings. The van der Waals surface area contributed by atoms with Crippen LogP contribution >= 0.6 is 12.2 Å². The zero-order valence-corrected chi connectivity index (χ0v) is 20.8. The number of nitrogens with zero attached hydrogens (tertiary/aromatic N) is 4. The highest BCUT2D eigenvalue weighted by atomic mass is 32.1. The number of ether oxygens (including phenoxy) is 1. The first-order valence-electron chi connectivity index (χ1n) is 11.7. The molecule has 0 radical (unpaired) electrons. The summed E-state index contributed by atoms with van der Waals surface area (Å²) in [6.07, 6.45) is 5.94. The van der Waals surface area contributed by atoms with Crippen LogP contribution in [-0.2, 0) is 4.79 Å². The van der Waals surface area contributed by atoms with Gasteiger partial charge in [-0.25, -0.2) is 4.98 Å². The number of carbonyl (C=O) groups is 1. The first-order valence-corrected chi connectivity index (χ1v) is 12.1. The van der Waals surface area contributed by atoms with Crippen molar-refractivity contribution in [1.29, 1.82) is 0 Å². The van der Waals surface area contributed by atoms with Crippen LogP contribution in [0.15, 0.2) is 85.3 Å². The number of nitrogens with one attached hydrogen (secondary N) is 2. The number of hydrogen-bond donors (Lipinski definition) is 2. The molecule has 1 amide bonds. The monoisotopic (exact) mass is 498 g/mol. The first-order chi connectivity index (χ1) is 17.6. The molecule has 1 aliphatic heterocycles. The number of benzene rings is 1. The minimum Gasteiger partial charge on any atom is -0.494 e. The molecule has 2 atom stereocenters. The average Bonchev–Trinajstić information content (AvgIpc) is 3.54. The maximum Gasteiger partial charge on any atom is 0.224 e. The lowest BCUT2D eigenvalue weighted by Gasteiger charge is -2.29. The van der Waals surface area contributed by atoms with Gasteiger partial charge >= 0.3 is 0 Å². The van der Waals surface area contributed by atoms with Gasteiger partial charge in [-0.2, -0.15) is 0 Å². The van der Waals surface area contributed by atoms with Gasteiger partial charge in [-0.3, -0.25) is 9.78 Å². The Bertz CT molecular complexity index is 1380. The molecule has 0 saturated carbocycles. The molecule has 0 aliphatic carbocycles. The Kier molecular flexibility index (Phi) is 6.64. The number of carbonyl (C=O) groups excluding carboxylic acids is 1. The predicted octanol–water partition coefficient (Wildman–Crippen LogP) is 4.80. The third kappa shape index (κ3) is 4.40. The van der Waals surface area contributed by atoms with Crippen LogP contribution in [0, 0.1) is 0 Å². The van der Waals surface area contributed by atoms with Crippen molar-refractivity contribution in [3.63, 3.8) is 0 Å². The molecular formula is C27H26N6O2S. The van der Waals surface area contributed by atoms with E-state index in [0.717, 1.165) is 22.9 Å². The van der Waals surface area contributed by atoms with Crippen molar-refractivity contribution in [2.24, 2.45) is 0 Å². The van der Waals surface area contributed by atoms with Gasteiger partial charge in [0.1, 0.15) is 17.6 Å². The van der Waals surface area contributed by atoms with E-state index in [2.05, 4.69) is 36.1 Å². The van der Waals surface area contributed by atoms with Crippen molar-refractivity contribution in [1.82, 2.24) is 19.9 Å². The molecule has 1 aromatic carbocycles. The number of methoxy groups -OCH3 is 1. The van der Waals surface area contributed by atoms with Crippen LogP contribution in [0.1, 0.15) is 36.8 Å². The number of pyridine rings is 2. The lowest BCUT2D eigenvalue weighted by Crippen LogP contribution is -2.30. The molecule has 4 aromatic rings. The molecule has 3 aromatic heterocycles. The van der Waals surface area contributed by atoms with Crippen molar-refractivity contribution in [2.45, 2.75) is 25.4 Å². The molecule has 1 fully saturated rings. The molecule has 5 rings (SSSR count). The molecule has 9 heteroatoms. The molecular weight excluding hydrogens is 472 g/mol. The summed E-state index contributed by atoms with van der Waals surface area (Å²) in [6.45, 7) is 1.81. The summed E-state index contributed by atoms with van der Waals surface area (Å²) in [7, 11) is 1.58. The summed E-state index contributed by atoms with van der Waals surface area (Å²) in [5, 5.41) is 6.94. The number of amides is 1. The summed E-state index contributed by atoms with van der Waals surface area (Å²) >= 11 is 5.86. The van der Waals surface area contributed by atoms with E-state index in [0.29, 0.717) is 23.0 Å². The van der Waals surface area contributed by atoms with Crippen LogP contribution in [0.4, 0.5) is 11.4 Å². The van der Waals surface area contributed by atoms with Gasteiger partial charge in [0.25, 0.3) is 0 Å². The fraction of sp³-hybridized carbons (Fsp3) is 0.185. The van der Waals surface area contributed by atoms with E-state index in [-0.39, 0.29) is 18.0 Å². The number of anilines is 2. The minimum atomic E-state index is -0.231. The minimum absolute atomic E-state index is 0.0827. The SMILES string of the molecule is CCC(=O)Nc1ccc(N2C(=S)N[C@@H](c3ccccn3)[C@H]2c2cccn2-c2ccccn2)cc1OC. The zero-order chi connectivity index (χ0) is 25.1. The van der Waals surface area contributed by atoms with Crippen LogP contribution in [0.5, 0.6) is 5.75 Å². The van der Waals surface area contributed by atoms with Gasteiger partial charge < -0.3 is 24.8 Å². The van der Waals surface area contributed by atoms with Crippen LogP contribution in [-0.4, -0.2) is 32.7 Å². The summed E-state index contributed by atoms with van der Waals surface area (Å²) in [5.41, 5.74) is 3.32. The number of aromatic nitrogens is 3. The zero-order valence-electron chi connectivity index (χ0n) is 20.0. The molecule has 4 heterocycles. The highest BCUT2D eigenvalue weighted by Crippen LogP contribution is 2.43. The Hall–Kier alpha value is -4.24. The molecule has 182 valence electrons.